The largest absolute Gasteiger partial charge is 0.436 e. The summed E-state index contributed by atoms with van der Waals surface area (Å²) in [4.78, 5) is 9.19. The Hall–Kier alpha value is -3.24. The first kappa shape index (κ1) is 17.6. The summed E-state index contributed by atoms with van der Waals surface area (Å²) >= 11 is 1.70. The number of benzene rings is 3. The maximum atomic E-state index is 6.23. The summed E-state index contributed by atoms with van der Waals surface area (Å²) in [7, 11) is 0. The molecule has 3 heterocycles. The van der Waals surface area contributed by atoms with Crippen LogP contribution >= 0.6 is 11.3 Å². The first-order valence-corrected chi connectivity index (χ1v) is 11.0. The van der Waals surface area contributed by atoms with E-state index in [-0.39, 0.29) is 5.41 Å². The van der Waals surface area contributed by atoms with Crippen molar-refractivity contribution in [3.63, 3.8) is 0 Å². The van der Waals surface area contributed by atoms with E-state index >= 15 is 0 Å². The van der Waals surface area contributed by atoms with Gasteiger partial charge in [0.05, 0.1) is 15.8 Å². The average molecular weight is 409 g/mol. The summed E-state index contributed by atoms with van der Waals surface area (Å²) in [5, 5.41) is 7.86. The monoisotopic (exact) mass is 408 g/mol. The molecule has 0 atom stereocenters. The Balaban J connectivity index is 1.73. The van der Waals surface area contributed by atoms with Crippen LogP contribution in [0.5, 0.6) is 0 Å². The van der Waals surface area contributed by atoms with Gasteiger partial charge in [-0.1, -0.05) is 51.1 Å². The van der Waals surface area contributed by atoms with Crippen LogP contribution < -0.4 is 0 Å². The third-order valence-corrected chi connectivity index (χ3v) is 6.73. The zero-order valence-electron chi connectivity index (χ0n) is 17.1. The van der Waals surface area contributed by atoms with Crippen molar-refractivity contribution in [3.05, 3.63) is 71.9 Å². The molecule has 0 saturated carbocycles. The van der Waals surface area contributed by atoms with E-state index in [1.807, 2.05) is 0 Å². The highest BCUT2D eigenvalue weighted by Gasteiger charge is 2.21. The van der Waals surface area contributed by atoms with Crippen LogP contribution in [-0.4, -0.2) is 9.97 Å². The molecule has 0 saturated heterocycles. The van der Waals surface area contributed by atoms with Crippen LogP contribution in [0, 0.1) is 0 Å². The van der Waals surface area contributed by atoms with Gasteiger partial charge in [0, 0.05) is 10.9 Å². The molecule has 0 aliphatic rings. The van der Waals surface area contributed by atoms with Crippen LogP contribution in [0.3, 0.4) is 0 Å². The van der Waals surface area contributed by atoms with E-state index in [2.05, 4.69) is 85.7 Å². The maximum Gasteiger partial charge on any atom is 0.231 e. The van der Waals surface area contributed by atoms with Gasteiger partial charge in [-0.15, -0.1) is 11.3 Å². The molecule has 0 bridgehead atoms. The molecule has 0 fully saturated rings. The predicted molar refractivity (Wildman–Crippen MR) is 126 cm³/mol. The SMILES string of the molecule is CC(C)(C)c1cc(-c2ncnc3oc4c(ccc5ccsc54)c23)cc2ccccc12. The van der Waals surface area contributed by atoms with Crippen LogP contribution in [0.15, 0.2) is 70.7 Å². The topological polar surface area (TPSA) is 38.9 Å². The highest BCUT2D eigenvalue weighted by Crippen LogP contribution is 2.41. The number of rotatable bonds is 1. The molecule has 0 spiro atoms. The Morgan fingerprint density at radius 3 is 2.60 bits per heavy atom. The van der Waals surface area contributed by atoms with E-state index in [1.165, 1.54) is 21.7 Å². The molecule has 146 valence electrons. The molecular formula is C26H20N2OS. The number of nitrogens with zero attached hydrogens (tertiary/aromatic N) is 2. The average Bonchev–Trinajstić information content (AvgIpc) is 3.36. The standard InChI is InChI=1S/C26H20N2OS/c1-26(2,3)20-13-17(12-16-6-4-5-7-18(16)20)22-21-19-9-8-15-10-11-30-24(15)23(19)29-25(21)28-14-27-22/h4-14H,1-3H3. The Kier molecular flexibility index (Phi) is 3.60. The summed E-state index contributed by atoms with van der Waals surface area (Å²) in [6, 6.07) is 19.5. The molecular weight excluding hydrogens is 388 g/mol. The van der Waals surface area contributed by atoms with Crippen molar-refractivity contribution in [1.29, 1.82) is 0 Å². The van der Waals surface area contributed by atoms with E-state index in [0.29, 0.717) is 5.71 Å². The minimum atomic E-state index is 0.0172. The van der Waals surface area contributed by atoms with Crippen LogP contribution in [0.4, 0.5) is 0 Å². The van der Waals surface area contributed by atoms with Crippen LogP contribution in [-0.2, 0) is 5.41 Å². The highest BCUT2D eigenvalue weighted by atomic mass is 32.1. The molecule has 0 radical (unpaired) electrons. The van der Waals surface area contributed by atoms with Crippen LogP contribution in [0.25, 0.3) is 54.2 Å². The zero-order valence-corrected chi connectivity index (χ0v) is 17.9. The molecule has 3 aromatic carbocycles. The van der Waals surface area contributed by atoms with Crippen molar-refractivity contribution in [1.82, 2.24) is 9.97 Å². The summed E-state index contributed by atoms with van der Waals surface area (Å²) in [6.07, 6.45) is 1.61. The van der Waals surface area contributed by atoms with E-state index in [1.54, 1.807) is 17.7 Å². The molecule has 4 heteroatoms. The molecule has 6 rings (SSSR count). The molecule has 30 heavy (non-hydrogen) atoms. The summed E-state index contributed by atoms with van der Waals surface area (Å²) in [6.45, 7) is 6.78. The number of hydrogen-bond donors (Lipinski definition) is 0. The van der Waals surface area contributed by atoms with E-state index in [0.717, 1.165) is 32.3 Å². The first-order chi connectivity index (χ1) is 14.5. The van der Waals surface area contributed by atoms with Gasteiger partial charge in [0.1, 0.15) is 6.33 Å². The van der Waals surface area contributed by atoms with Gasteiger partial charge in [0.15, 0.2) is 5.58 Å². The second-order valence-electron chi connectivity index (χ2n) is 8.78. The highest BCUT2D eigenvalue weighted by molar-refractivity contribution is 7.18. The fraction of sp³-hybridized carbons (Fsp3) is 0.154. The first-order valence-electron chi connectivity index (χ1n) is 10.1. The van der Waals surface area contributed by atoms with E-state index in [4.69, 9.17) is 9.40 Å². The minimum Gasteiger partial charge on any atom is -0.436 e. The number of thiophene rings is 1. The minimum absolute atomic E-state index is 0.0172. The van der Waals surface area contributed by atoms with Gasteiger partial charge in [-0.05, 0) is 56.8 Å². The molecule has 3 nitrogen and oxygen atoms in total. The third kappa shape index (κ3) is 2.50. The molecule has 0 amide bonds. The third-order valence-electron chi connectivity index (χ3n) is 5.80. The van der Waals surface area contributed by atoms with Crippen molar-refractivity contribution in [2.75, 3.05) is 0 Å². The summed E-state index contributed by atoms with van der Waals surface area (Å²) < 4.78 is 7.39. The second-order valence-corrected chi connectivity index (χ2v) is 9.70. The van der Waals surface area contributed by atoms with E-state index in [9.17, 15) is 0 Å². The maximum absolute atomic E-state index is 6.23. The van der Waals surface area contributed by atoms with E-state index < -0.39 is 0 Å². The second kappa shape index (κ2) is 6.13. The van der Waals surface area contributed by atoms with Crippen molar-refractivity contribution < 1.29 is 4.42 Å². The van der Waals surface area contributed by atoms with Crippen LogP contribution in [0.2, 0.25) is 0 Å². The summed E-state index contributed by atoms with van der Waals surface area (Å²) in [5.74, 6) is 0. The summed E-state index contributed by atoms with van der Waals surface area (Å²) in [5.41, 5.74) is 4.89. The number of fused-ring (bicyclic) bond motifs is 6. The molecule has 6 aromatic rings. The fourth-order valence-electron chi connectivity index (χ4n) is 4.38. The lowest BCUT2D eigenvalue weighted by Crippen LogP contribution is -2.12. The van der Waals surface area contributed by atoms with Gasteiger partial charge < -0.3 is 4.42 Å². The lowest BCUT2D eigenvalue weighted by molar-refractivity contribution is 0.596. The molecule has 0 unspecified atom stereocenters. The van der Waals surface area contributed by atoms with Gasteiger partial charge in [-0.3, -0.25) is 0 Å². The molecule has 0 N–H and O–H groups in total. The smallest absolute Gasteiger partial charge is 0.231 e. The quantitative estimate of drug-likeness (QED) is 0.280. The van der Waals surface area contributed by atoms with Crippen molar-refractivity contribution in [2.45, 2.75) is 26.2 Å². The number of furan rings is 1. The predicted octanol–water partition coefficient (Wildman–Crippen LogP) is 7.71. The Labute approximate surface area is 178 Å². The molecule has 0 aliphatic carbocycles. The van der Waals surface area contributed by atoms with Crippen molar-refractivity contribution in [2.24, 2.45) is 0 Å². The Morgan fingerprint density at radius 1 is 0.867 bits per heavy atom. The lowest BCUT2D eigenvalue weighted by atomic mass is 9.82. The number of hydrogen-bond acceptors (Lipinski definition) is 4. The molecule has 3 aromatic heterocycles. The number of aromatic nitrogens is 2. The van der Waals surface area contributed by atoms with Gasteiger partial charge in [0.25, 0.3) is 0 Å². The van der Waals surface area contributed by atoms with Gasteiger partial charge >= 0.3 is 0 Å². The van der Waals surface area contributed by atoms with Gasteiger partial charge in [-0.25, -0.2) is 9.97 Å². The van der Waals surface area contributed by atoms with Gasteiger partial charge in [-0.2, -0.15) is 0 Å². The van der Waals surface area contributed by atoms with Crippen LogP contribution in [0.1, 0.15) is 26.3 Å². The lowest BCUT2D eigenvalue weighted by Gasteiger charge is -2.22. The Morgan fingerprint density at radius 2 is 1.73 bits per heavy atom. The van der Waals surface area contributed by atoms with Gasteiger partial charge in [0.2, 0.25) is 5.71 Å². The Bertz CT molecular complexity index is 1580. The van der Waals surface area contributed by atoms with Crippen molar-refractivity contribution in [3.8, 4) is 11.3 Å². The fourth-order valence-corrected chi connectivity index (χ4v) is 5.26. The molecule has 0 aliphatic heterocycles. The zero-order chi connectivity index (χ0) is 20.5. The normalized spacial score (nSPS) is 12.5. The van der Waals surface area contributed by atoms with Crippen molar-refractivity contribution >= 4 is 54.3 Å².